The van der Waals surface area contributed by atoms with E-state index in [1.165, 1.54) is 15.3 Å². The van der Waals surface area contributed by atoms with Gasteiger partial charge in [0.1, 0.15) is 6.61 Å². The second-order valence-electron chi connectivity index (χ2n) is 4.99. The number of rotatable bonds is 5. The molecule has 0 saturated carbocycles. The normalized spacial score (nSPS) is 16.5. The lowest BCUT2D eigenvalue weighted by molar-refractivity contribution is -0.128. The zero-order valence-corrected chi connectivity index (χ0v) is 12.4. The number of carbonyl (C=O) groups excluding carboxylic acids is 1. The van der Waals surface area contributed by atoms with Crippen molar-refractivity contribution < 1.29 is 9.53 Å². The molecule has 0 radical (unpaired) electrons. The van der Waals surface area contributed by atoms with E-state index < -0.39 is 0 Å². The third-order valence-corrected chi connectivity index (χ3v) is 4.57. The molecule has 1 aromatic rings. The number of aryl methyl sites for hydroxylation is 2. The van der Waals surface area contributed by atoms with E-state index in [1.54, 1.807) is 11.3 Å². The molecule has 0 bridgehead atoms. The summed E-state index contributed by atoms with van der Waals surface area (Å²) in [6, 6.07) is 2.13. The number of hydrogen-bond donors (Lipinski definition) is 2. The second-order valence-corrected chi connectivity index (χ2v) is 6.33. The fourth-order valence-corrected chi connectivity index (χ4v) is 3.12. The van der Waals surface area contributed by atoms with Crippen molar-refractivity contribution >= 4 is 17.2 Å². The number of ether oxygens (including phenoxy) is 1. The maximum absolute atomic E-state index is 11.7. The number of amides is 1. The first-order valence-corrected chi connectivity index (χ1v) is 7.61. The van der Waals surface area contributed by atoms with Gasteiger partial charge in [-0.05, 0) is 51.4 Å². The predicted octanol–water partition coefficient (Wildman–Crippen LogP) is 1.75. The molecule has 106 valence electrons. The van der Waals surface area contributed by atoms with Crippen molar-refractivity contribution in [1.29, 1.82) is 0 Å². The Bertz CT molecular complexity index is 406. The summed E-state index contributed by atoms with van der Waals surface area (Å²) in [6.07, 6.45) is 2.23. The molecule has 1 aromatic heterocycles. The van der Waals surface area contributed by atoms with Gasteiger partial charge in [0.15, 0.2) is 0 Å². The van der Waals surface area contributed by atoms with Gasteiger partial charge < -0.3 is 15.4 Å². The maximum atomic E-state index is 11.7. The number of piperidine rings is 1. The standard InChI is InChI=1S/C14H22N2O2S/c1-10-7-13(19-11(10)2)8-16-14(17)9-18-12-3-5-15-6-4-12/h7,12,15H,3-6,8-9H2,1-2H3,(H,16,17). The van der Waals surface area contributed by atoms with E-state index in [1.807, 2.05) is 0 Å². The molecule has 0 unspecified atom stereocenters. The van der Waals surface area contributed by atoms with E-state index in [0.29, 0.717) is 6.54 Å². The van der Waals surface area contributed by atoms with Gasteiger partial charge in [-0.25, -0.2) is 0 Å². The second kappa shape index (κ2) is 7.03. The van der Waals surface area contributed by atoms with Crippen LogP contribution < -0.4 is 10.6 Å². The van der Waals surface area contributed by atoms with Crippen LogP contribution in [0.15, 0.2) is 6.07 Å². The van der Waals surface area contributed by atoms with E-state index >= 15 is 0 Å². The maximum Gasteiger partial charge on any atom is 0.246 e. The summed E-state index contributed by atoms with van der Waals surface area (Å²) in [7, 11) is 0. The van der Waals surface area contributed by atoms with Crippen LogP contribution in [0.4, 0.5) is 0 Å². The molecule has 4 nitrogen and oxygen atoms in total. The molecule has 19 heavy (non-hydrogen) atoms. The smallest absolute Gasteiger partial charge is 0.246 e. The van der Waals surface area contributed by atoms with Gasteiger partial charge in [0.05, 0.1) is 12.6 Å². The molecule has 0 aromatic carbocycles. The molecule has 2 N–H and O–H groups in total. The number of carbonyl (C=O) groups is 1. The summed E-state index contributed by atoms with van der Waals surface area (Å²) in [4.78, 5) is 14.2. The average Bonchev–Trinajstić information content (AvgIpc) is 2.74. The topological polar surface area (TPSA) is 50.4 Å². The first kappa shape index (κ1) is 14.5. The van der Waals surface area contributed by atoms with E-state index in [0.717, 1.165) is 25.9 Å². The van der Waals surface area contributed by atoms with E-state index in [9.17, 15) is 4.79 Å². The summed E-state index contributed by atoms with van der Waals surface area (Å²) in [5.41, 5.74) is 1.29. The van der Waals surface area contributed by atoms with Crippen molar-refractivity contribution in [3.05, 3.63) is 21.4 Å². The van der Waals surface area contributed by atoms with Crippen molar-refractivity contribution in [2.24, 2.45) is 0 Å². The van der Waals surface area contributed by atoms with Gasteiger partial charge in [0.25, 0.3) is 0 Å². The Hall–Kier alpha value is -0.910. The summed E-state index contributed by atoms with van der Waals surface area (Å²) >= 11 is 1.74. The quantitative estimate of drug-likeness (QED) is 0.865. The highest BCUT2D eigenvalue weighted by Gasteiger charge is 2.14. The highest BCUT2D eigenvalue weighted by atomic mass is 32.1. The van der Waals surface area contributed by atoms with Crippen LogP contribution in [-0.4, -0.2) is 31.7 Å². The molecular weight excluding hydrogens is 260 g/mol. The van der Waals surface area contributed by atoms with Gasteiger partial charge in [-0.2, -0.15) is 0 Å². The van der Waals surface area contributed by atoms with Crippen molar-refractivity contribution in [1.82, 2.24) is 10.6 Å². The van der Waals surface area contributed by atoms with Crippen LogP contribution in [0.1, 0.15) is 28.2 Å². The molecule has 1 aliphatic rings. The van der Waals surface area contributed by atoms with Crippen molar-refractivity contribution in [2.75, 3.05) is 19.7 Å². The summed E-state index contributed by atoms with van der Waals surface area (Å²) in [5, 5.41) is 6.19. The lowest BCUT2D eigenvalue weighted by Gasteiger charge is -2.22. The summed E-state index contributed by atoms with van der Waals surface area (Å²) in [6.45, 7) is 6.95. The minimum atomic E-state index is -0.0257. The van der Waals surface area contributed by atoms with Crippen molar-refractivity contribution in [2.45, 2.75) is 39.3 Å². The Labute approximate surface area is 118 Å². The van der Waals surface area contributed by atoms with Crippen LogP contribution in [0.3, 0.4) is 0 Å². The molecule has 1 amide bonds. The average molecular weight is 282 g/mol. The molecule has 1 fully saturated rings. The Morgan fingerprint density at radius 2 is 2.21 bits per heavy atom. The highest BCUT2D eigenvalue weighted by Crippen LogP contribution is 2.20. The number of hydrogen-bond acceptors (Lipinski definition) is 4. The molecule has 1 aliphatic heterocycles. The predicted molar refractivity (Wildman–Crippen MR) is 77.5 cm³/mol. The van der Waals surface area contributed by atoms with Crippen LogP contribution >= 0.6 is 11.3 Å². The number of thiophene rings is 1. The minimum absolute atomic E-state index is 0.0257. The summed E-state index contributed by atoms with van der Waals surface area (Å²) < 4.78 is 5.61. The highest BCUT2D eigenvalue weighted by molar-refractivity contribution is 7.12. The summed E-state index contributed by atoms with van der Waals surface area (Å²) in [5.74, 6) is -0.0257. The minimum Gasteiger partial charge on any atom is -0.368 e. The molecule has 5 heteroatoms. The zero-order valence-electron chi connectivity index (χ0n) is 11.6. The van der Waals surface area contributed by atoms with Gasteiger partial charge in [-0.3, -0.25) is 4.79 Å². The van der Waals surface area contributed by atoms with Gasteiger partial charge in [0, 0.05) is 9.75 Å². The SMILES string of the molecule is Cc1cc(CNC(=O)COC2CCNCC2)sc1C. The van der Waals surface area contributed by atoms with Gasteiger partial charge in [-0.15, -0.1) is 11.3 Å². The zero-order chi connectivity index (χ0) is 13.7. The van der Waals surface area contributed by atoms with Gasteiger partial charge >= 0.3 is 0 Å². The van der Waals surface area contributed by atoms with Crippen LogP contribution in [0, 0.1) is 13.8 Å². The first-order chi connectivity index (χ1) is 9.15. The van der Waals surface area contributed by atoms with Crippen LogP contribution in [0.25, 0.3) is 0 Å². The molecule has 0 aliphatic carbocycles. The van der Waals surface area contributed by atoms with Crippen LogP contribution in [0.5, 0.6) is 0 Å². The Morgan fingerprint density at radius 3 is 2.84 bits per heavy atom. The van der Waals surface area contributed by atoms with Crippen molar-refractivity contribution in [3.8, 4) is 0 Å². The Kier molecular flexibility index (Phi) is 5.36. The monoisotopic (exact) mass is 282 g/mol. The first-order valence-electron chi connectivity index (χ1n) is 6.80. The number of nitrogens with one attached hydrogen (secondary N) is 2. The van der Waals surface area contributed by atoms with Crippen LogP contribution in [-0.2, 0) is 16.1 Å². The molecule has 1 saturated heterocycles. The van der Waals surface area contributed by atoms with Crippen LogP contribution in [0.2, 0.25) is 0 Å². The fourth-order valence-electron chi connectivity index (χ4n) is 2.13. The lowest BCUT2D eigenvalue weighted by Crippen LogP contribution is -2.35. The van der Waals surface area contributed by atoms with E-state index in [-0.39, 0.29) is 18.6 Å². The lowest BCUT2D eigenvalue weighted by atomic mass is 10.1. The van der Waals surface area contributed by atoms with Gasteiger partial charge in [-0.1, -0.05) is 0 Å². The fraction of sp³-hybridized carbons (Fsp3) is 0.643. The molecule has 0 spiro atoms. The molecule has 2 rings (SSSR count). The molecule has 2 heterocycles. The van der Waals surface area contributed by atoms with Crippen molar-refractivity contribution in [3.63, 3.8) is 0 Å². The van der Waals surface area contributed by atoms with Gasteiger partial charge in [0.2, 0.25) is 5.91 Å². The van der Waals surface area contributed by atoms with E-state index in [4.69, 9.17) is 4.74 Å². The molecular formula is C14H22N2O2S. The Morgan fingerprint density at radius 1 is 1.47 bits per heavy atom. The molecule has 0 atom stereocenters. The van der Waals surface area contributed by atoms with E-state index in [2.05, 4.69) is 30.5 Å². The third kappa shape index (κ3) is 4.60. The Balaban J connectivity index is 1.66. The third-order valence-electron chi connectivity index (χ3n) is 3.41. The largest absolute Gasteiger partial charge is 0.368 e.